The predicted molar refractivity (Wildman–Crippen MR) is 74.3 cm³/mol. The van der Waals surface area contributed by atoms with Gasteiger partial charge in [-0.05, 0) is 19.8 Å². The summed E-state index contributed by atoms with van der Waals surface area (Å²) in [5.41, 5.74) is 0.411. The molecule has 3 unspecified atom stereocenters. The fourth-order valence-corrected chi connectivity index (χ4v) is 2.77. The molecule has 3 atom stereocenters. The Hall–Kier alpha value is -2.43. The first-order valence-corrected chi connectivity index (χ1v) is 7.14. The zero-order chi connectivity index (χ0) is 17.6. The number of hydrogen-bond donors (Lipinski definition) is 3. The summed E-state index contributed by atoms with van der Waals surface area (Å²) in [5, 5.41) is 25.3. The van der Waals surface area contributed by atoms with E-state index >= 15 is 0 Å². The van der Waals surface area contributed by atoms with Gasteiger partial charge in [-0.15, -0.1) is 5.10 Å². The number of aromatic nitrogens is 4. The number of halogens is 3. The van der Waals surface area contributed by atoms with Gasteiger partial charge < -0.3 is 15.5 Å². The number of carbonyl (C=O) groups is 1. The summed E-state index contributed by atoms with van der Waals surface area (Å²) in [5.74, 6) is -3.12. The van der Waals surface area contributed by atoms with Gasteiger partial charge in [0, 0.05) is 11.8 Å². The van der Waals surface area contributed by atoms with Crippen molar-refractivity contribution >= 4 is 17.6 Å². The van der Waals surface area contributed by atoms with Crippen molar-refractivity contribution in [1.82, 2.24) is 19.6 Å². The molecule has 0 saturated heterocycles. The second-order valence-electron chi connectivity index (χ2n) is 5.75. The summed E-state index contributed by atoms with van der Waals surface area (Å²) in [4.78, 5) is 18.3. The van der Waals surface area contributed by atoms with Crippen LogP contribution in [0.4, 0.5) is 19.0 Å². The highest BCUT2D eigenvalue weighted by atomic mass is 19.4. The van der Waals surface area contributed by atoms with Gasteiger partial charge in [0.1, 0.15) is 5.82 Å². The van der Waals surface area contributed by atoms with Gasteiger partial charge >= 0.3 is 12.1 Å². The molecule has 1 aliphatic rings. The third kappa shape index (κ3) is 2.98. The van der Waals surface area contributed by atoms with E-state index in [-0.39, 0.29) is 24.4 Å². The molecule has 130 valence electrons. The highest BCUT2D eigenvalue weighted by Gasteiger charge is 2.39. The van der Waals surface area contributed by atoms with Crippen LogP contribution in [0.2, 0.25) is 0 Å². The zero-order valence-corrected chi connectivity index (χ0v) is 12.4. The lowest BCUT2D eigenvalue weighted by Crippen LogP contribution is -2.29. The predicted octanol–water partition coefficient (Wildman–Crippen LogP) is 1.09. The van der Waals surface area contributed by atoms with Gasteiger partial charge in [-0.3, -0.25) is 4.79 Å². The summed E-state index contributed by atoms with van der Waals surface area (Å²) in [6.45, 7) is 1.58. The summed E-state index contributed by atoms with van der Waals surface area (Å²) in [6, 6.07) is 0.845. The van der Waals surface area contributed by atoms with E-state index in [0.717, 1.165) is 4.52 Å². The summed E-state index contributed by atoms with van der Waals surface area (Å²) in [6.07, 6.45) is -5.41. The molecule has 11 heteroatoms. The lowest BCUT2D eigenvalue weighted by atomic mass is 10.1. The minimum atomic E-state index is -4.71. The molecular formula is C13H14F3N5O3. The number of aliphatic hydroxyl groups is 1. The van der Waals surface area contributed by atoms with Gasteiger partial charge in [0.05, 0.1) is 18.1 Å². The summed E-state index contributed by atoms with van der Waals surface area (Å²) in [7, 11) is 0. The second kappa shape index (κ2) is 5.58. The minimum absolute atomic E-state index is 0.0748. The maximum Gasteiger partial charge on any atom is 0.453 e. The number of aliphatic carboxylic acids is 1. The van der Waals surface area contributed by atoms with E-state index in [4.69, 9.17) is 5.11 Å². The van der Waals surface area contributed by atoms with Crippen LogP contribution < -0.4 is 5.32 Å². The van der Waals surface area contributed by atoms with Crippen LogP contribution in [0.3, 0.4) is 0 Å². The van der Waals surface area contributed by atoms with Crippen molar-refractivity contribution < 1.29 is 28.2 Å². The van der Waals surface area contributed by atoms with Crippen molar-refractivity contribution in [2.75, 3.05) is 5.32 Å². The van der Waals surface area contributed by atoms with Crippen LogP contribution in [0.15, 0.2) is 6.07 Å². The Bertz CT molecular complexity index is 791. The molecule has 1 aliphatic carbocycles. The number of carboxylic acids is 1. The number of carboxylic acid groups (broad SMARTS) is 1. The molecule has 1 saturated carbocycles. The molecule has 24 heavy (non-hydrogen) atoms. The maximum absolute atomic E-state index is 12.8. The van der Waals surface area contributed by atoms with E-state index in [0.29, 0.717) is 5.69 Å². The van der Waals surface area contributed by atoms with Gasteiger partial charge in [0.2, 0.25) is 0 Å². The average Bonchev–Trinajstić information content (AvgIpc) is 3.03. The van der Waals surface area contributed by atoms with Crippen LogP contribution in [-0.2, 0) is 11.0 Å². The van der Waals surface area contributed by atoms with Crippen molar-refractivity contribution in [2.45, 2.75) is 38.1 Å². The molecule has 0 bridgehead atoms. The van der Waals surface area contributed by atoms with E-state index in [1.54, 1.807) is 6.92 Å². The van der Waals surface area contributed by atoms with Crippen LogP contribution in [0, 0.1) is 12.8 Å². The number of anilines is 1. The highest BCUT2D eigenvalue weighted by molar-refractivity contribution is 5.70. The van der Waals surface area contributed by atoms with Crippen LogP contribution in [0.1, 0.15) is 24.4 Å². The average molecular weight is 345 g/mol. The smallest absolute Gasteiger partial charge is 0.453 e. The van der Waals surface area contributed by atoms with Gasteiger partial charge in [-0.25, -0.2) is 4.98 Å². The Labute approximate surface area is 133 Å². The first kappa shape index (κ1) is 16.4. The third-order valence-electron chi connectivity index (χ3n) is 3.91. The first-order chi connectivity index (χ1) is 11.1. The Morgan fingerprint density at radius 3 is 2.67 bits per heavy atom. The van der Waals surface area contributed by atoms with E-state index in [9.17, 15) is 23.1 Å². The maximum atomic E-state index is 12.8. The van der Waals surface area contributed by atoms with Crippen LogP contribution in [0.5, 0.6) is 0 Å². The highest BCUT2D eigenvalue weighted by Crippen LogP contribution is 2.30. The van der Waals surface area contributed by atoms with E-state index in [2.05, 4.69) is 20.4 Å². The number of fused-ring (bicyclic) bond motifs is 1. The fourth-order valence-electron chi connectivity index (χ4n) is 2.77. The van der Waals surface area contributed by atoms with Gasteiger partial charge in [0.25, 0.3) is 11.6 Å². The van der Waals surface area contributed by atoms with Crippen molar-refractivity contribution in [3.63, 3.8) is 0 Å². The normalized spacial score (nSPS) is 24.5. The van der Waals surface area contributed by atoms with Crippen molar-refractivity contribution in [3.8, 4) is 0 Å². The van der Waals surface area contributed by atoms with Crippen molar-refractivity contribution in [1.29, 1.82) is 0 Å². The Morgan fingerprint density at radius 1 is 1.38 bits per heavy atom. The SMILES string of the molecule is Cc1cc(NC2CC(C(=O)O)CC2O)n2nc(C(F)(F)F)nc2n1. The molecule has 0 amide bonds. The number of nitrogens with one attached hydrogen (secondary N) is 1. The zero-order valence-electron chi connectivity index (χ0n) is 12.4. The number of aryl methyl sites for hydroxylation is 1. The first-order valence-electron chi connectivity index (χ1n) is 7.14. The number of hydrogen-bond acceptors (Lipinski definition) is 6. The molecule has 0 aromatic carbocycles. The Kier molecular flexibility index (Phi) is 3.82. The van der Waals surface area contributed by atoms with Gasteiger partial charge in [0.15, 0.2) is 0 Å². The largest absolute Gasteiger partial charge is 0.481 e. The molecule has 3 rings (SSSR count). The standard InChI is InChI=1S/C13H14F3N5O3/c1-5-2-9(18-7-3-6(10(23)24)4-8(7)22)21-12(17-5)19-11(20-21)13(14,15)16/h2,6-8,18,22H,3-4H2,1H3,(H,23,24). The van der Waals surface area contributed by atoms with E-state index in [1.165, 1.54) is 6.07 Å². The summed E-state index contributed by atoms with van der Waals surface area (Å²) >= 11 is 0. The number of aliphatic hydroxyl groups excluding tert-OH is 1. The molecule has 8 nitrogen and oxygen atoms in total. The third-order valence-corrected chi connectivity index (χ3v) is 3.91. The Balaban J connectivity index is 1.94. The quantitative estimate of drug-likeness (QED) is 0.763. The molecule has 2 aromatic heterocycles. The fraction of sp³-hybridized carbons (Fsp3) is 0.538. The second-order valence-corrected chi connectivity index (χ2v) is 5.75. The number of rotatable bonds is 3. The van der Waals surface area contributed by atoms with Crippen molar-refractivity contribution in [2.24, 2.45) is 5.92 Å². The van der Waals surface area contributed by atoms with Crippen molar-refractivity contribution in [3.05, 3.63) is 17.6 Å². The van der Waals surface area contributed by atoms with Crippen LogP contribution in [-0.4, -0.2) is 47.9 Å². The molecule has 2 heterocycles. The van der Waals surface area contributed by atoms with Gasteiger partial charge in [-0.2, -0.15) is 22.7 Å². The monoisotopic (exact) mass is 345 g/mol. The Morgan fingerprint density at radius 2 is 2.08 bits per heavy atom. The summed E-state index contributed by atoms with van der Waals surface area (Å²) < 4.78 is 39.2. The molecule has 0 aliphatic heterocycles. The minimum Gasteiger partial charge on any atom is -0.481 e. The molecule has 3 N–H and O–H groups in total. The van der Waals surface area contributed by atoms with E-state index < -0.39 is 36.0 Å². The van der Waals surface area contributed by atoms with Crippen LogP contribution >= 0.6 is 0 Å². The van der Waals surface area contributed by atoms with Crippen LogP contribution in [0.25, 0.3) is 5.78 Å². The molecular weight excluding hydrogens is 331 g/mol. The molecule has 0 radical (unpaired) electrons. The van der Waals surface area contributed by atoms with E-state index in [1.807, 2.05) is 0 Å². The lowest BCUT2D eigenvalue weighted by molar-refractivity contribution is -0.145. The molecule has 1 fully saturated rings. The molecule has 2 aromatic rings. The lowest BCUT2D eigenvalue weighted by Gasteiger charge is -2.18. The molecule has 0 spiro atoms. The number of nitrogens with zero attached hydrogens (tertiary/aromatic N) is 4. The van der Waals surface area contributed by atoms with Gasteiger partial charge in [-0.1, -0.05) is 0 Å². The number of alkyl halides is 3. The topological polar surface area (TPSA) is 113 Å².